The van der Waals surface area contributed by atoms with Crippen molar-refractivity contribution in [3.05, 3.63) is 70.2 Å². The van der Waals surface area contributed by atoms with Gasteiger partial charge in [-0.05, 0) is 23.3 Å². The van der Waals surface area contributed by atoms with E-state index < -0.39 is 0 Å². The Morgan fingerprint density at radius 2 is 1.85 bits per heavy atom. The van der Waals surface area contributed by atoms with Crippen molar-refractivity contribution in [1.29, 1.82) is 0 Å². The number of likely N-dealkylation sites (tertiary alicyclic amines) is 1. The van der Waals surface area contributed by atoms with Crippen molar-refractivity contribution in [3.8, 4) is 0 Å². The van der Waals surface area contributed by atoms with Gasteiger partial charge in [0.15, 0.2) is 0 Å². The number of rotatable bonds is 3. The minimum Gasteiger partial charge on any atom is -0.326 e. The van der Waals surface area contributed by atoms with Crippen molar-refractivity contribution in [2.75, 3.05) is 13.1 Å². The zero-order valence-corrected chi connectivity index (χ0v) is 13.0. The van der Waals surface area contributed by atoms with Gasteiger partial charge in [0.05, 0.1) is 0 Å². The van der Waals surface area contributed by atoms with Gasteiger partial charge in [-0.2, -0.15) is 0 Å². The lowest BCUT2D eigenvalue weighted by molar-refractivity contribution is 0.324. The van der Waals surface area contributed by atoms with Crippen LogP contribution >= 0.6 is 15.9 Å². The summed E-state index contributed by atoms with van der Waals surface area (Å²) in [5.41, 5.74) is 9.04. The number of hydrogen-bond donors (Lipinski definition) is 1. The van der Waals surface area contributed by atoms with Crippen molar-refractivity contribution >= 4 is 15.9 Å². The van der Waals surface area contributed by atoms with Crippen molar-refractivity contribution < 1.29 is 0 Å². The van der Waals surface area contributed by atoms with Crippen LogP contribution in [0.2, 0.25) is 0 Å². The van der Waals surface area contributed by atoms with Gasteiger partial charge in [-0.1, -0.05) is 58.4 Å². The van der Waals surface area contributed by atoms with Crippen LogP contribution in [0, 0.1) is 0 Å². The quantitative estimate of drug-likeness (QED) is 0.934. The van der Waals surface area contributed by atoms with E-state index in [4.69, 9.17) is 5.73 Å². The highest BCUT2D eigenvalue weighted by atomic mass is 79.9. The highest BCUT2D eigenvalue weighted by Gasteiger charge is 2.31. The molecule has 20 heavy (non-hydrogen) atoms. The van der Waals surface area contributed by atoms with E-state index in [0.29, 0.717) is 5.92 Å². The molecule has 1 aliphatic heterocycles. The number of halogens is 1. The average Bonchev–Trinajstić information content (AvgIpc) is 2.81. The molecule has 2 N–H and O–H groups in total. The molecule has 0 aromatic heterocycles. The second-order valence-corrected chi connectivity index (χ2v) is 6.42. The first-order valence-corrected chi connectivity index (χ1v) is 7.79. The van der Waals surface area contributed by atoms with Crippen molar-refractivity contribution in [2.24, 2.45) is 5.73 Å². The molecule has 0 spiro atoms. The normalized spacial score (nSPS) is 23.1. The molecule has 2 aromatic carbocycles. The molecule has 2 aromatic rings. The Kier molecular flexibility index (Phi) is 4.20. The molecule has 104 valence electrons. The van der Waals surface area contributed by atoms with Crippen LogP contribution in [-0.4, -0.2) is 24.0 Å². The first-order valence-electron chi connectivity index (χ1n) is 7.00. The van der Waals surface area contributed by atoms with Crippen molar-refractivity contribution in [3.63, 3.8) is 0 Å². The van der Waals surface area contributed by atoms with Gasteiger partial charge in [0.1, 0.15) is 0 Å². The summed E-state index contributed by atoms with van der Waals surface area (Å²) in [7, 11) is 0. The van der Waals surface area contributed by atoms with Gasteiger partial charge in [-0.15, -0.1) is 0 Å². The Bertz CT molecular complexity index is 570. The SMILES string of the molecule is NC1CN(Cc2ccccc2)CC1c1cccc(Br)c1. The number of nitrogens with zero attached hydrogens (tertiary/aromatic N) is 1. The van der Waals surface area contributed by atoms with E-state index in [2.05, 4.69) is 75.4 Å². The summed E-state index contributed by atoms with van der Waals surface area (Å²) in [6.07, 6.45) is 0. The highest BCUT2D eigenvalue weighted by Crippen LogP contribution is 2.29. The summed E-state index contributed by atoms with van der Waals surface area (Å²) in [5.74, 6) is 0.427. The van der Waals surface area contributed by atoms with Crippen LogP contribution in [0.15, 0.2) is 59.1 Å². The third-order valence-electron chi connectivity index (χ3n) is 3.97. The molecule has 0 aliphatic carbocycles. The fraction of sp³-hybridized carbons (Fsp3) is 0.294. The van der Waals surface area contributed by atoms with Gasteiger partial charge >= 0.3 is 0 Å². The molecular formula is C17H19BrN2. The standard InChI is InChI=1S/C17H19BrN2/c18-15-8-4-7-14(9-15)16-11-20(12-17(16)19)10-13-5-2-1-3-6-13/h1-9,16-17H,10-12,19H2. The summed E-state index contributed by atoms with van der Waals surface area (Å²) < 4.78 is 1.13. The summed E-state index contributed by atoms with van der Waals surface area (Å²) in [6, 6.07) is 19.3. The van der Waals surface area contributed by atoms with Crippen LogP contribution in [0.3, 0.4) is 0 Å². The van der Waals surface area contributed by atoms with E-state index in [1.54, 1.807) is 0 Å². The Hall–Kier alpha value is -1.16. The molecule has 0 saturated carbocycles. The third kappa shape index (κ3) is 3.11. The molecule has 1 aliphatic rings. The molecule has 0 amide bonds. The van der Waals surface area contributed by atoms with Crippen LogP contribution in [0.4, 0.5) is 0 Å². The zero-order valence-electron chi connectivity index (χ0n) is 11.4. The molecule has 2 nitrogen and oxygen atoms in total. The molecule has 0 radical (unpaired) electrons. The van der Waals surface area contributed by atoms with E-state index in [0.717, 1.165) is 24.1 Å². The molecule has 2 unspecified atom stereocenters. The lowest BCUT2D eigenvalue weighted by Crippen LogP contribution is -2.28. The number of nitrogens with two attached hydrogens (primary N) is 1. The Morgan fingerprint density at radius 1 is 1.05 bits per heavy atom. The predicted molar refractivity (Wildman–Crippen MR) is 86.6 cm³/mol. The smallest absolute Gasteiger partial charge is 0.0250 e. The lowest BCUT2D eigenvalue weighted by Gasteiger charge is -2.16. The largest absolute Gasteiger partial charge is 0.326 e. The van der Waals surface area contributed by atoms with Gasteiger partial charge in [0.25, 0.3) is 0 Å². The van der Waals surface area contributed by atoms with Gasteiger partial charge < -0.3 is 5.73 Å². The van der Waals surface area contributed by atoms with Crippen LogP contribution < -0.4 is 5.73 Å². The molecule has 3 heteroatoms. The van der Waals surface area contributed by atoms with Gasteiger partial charge in [-0.3, -0.25) is 4.90 Å². The van der Waals surface area contributed by atoms with Gasteiger partial charge in [0, 0.05) is 36.1 Å². The van der Waals surface area contributed by atoms with Crippen LogP contribution in [0.5, 0.6) is 0 Å². The lowest BCUT2D eigenvalue weighted by atomic mass is 9.95. The van der Waals surface area contributed by atoms with Crippen LogP contribution in [0.1, 0.15) is 17.0 Å². The van der Waals surface area contributed by atoms with E-state index >= 15 is 0 Å². The zero-order chi connectivity index (χ0) is 13.9. The van der Waals surface area contributed by atoms with E-state index in [1.165, 1.54) is 11.1 Å². The second-order valence-electron chi connectivity index (χ2n) is 5.51. The third-order valence-corrected chi connectivity index (χ3v) is 4.46. The fourth-order valence-electron chi connectivity index (χ4n) is 2.97. The average molecular weight is 331 g/mol. The minimum atomic E-state index is 0.216. The molecule has 1 fully saturated rings. The summed E-state index contributed by atoms with van der Waals surface area (Å²) in [6.45, 7) is 2.98. The summed E-state index contributed by atoms with van der Waals surface area (Å²) in [5, 5.41) is 0. The van der Waals surface area contributed by atoms with Gasteiger partial charge in [-0.25, -0.2) is 0 Å². The maximum atomic E-state index is 6.35. The van der Waals surface area contributed by atoms with E-state index in [9.17, 15) is 0 Å². The maximum absolute atomic E-state index is 6.35. The van der Waals surface area contributed by atoms with Crippen LogP contribution in [0.25, 0.3) is 0 Å². The first-order chi connectivity index (χ1) is 9.72. The Balaban J connectivity index is 1.71. The first kappa shape index (κ1) is 13.8. The molecule has 2 atom stereocenters. The van der Waals surface area contributed by atoms with Gasteiger partial charge in [0.2, 0.25) is 0 Å². The van der Waals surface area contributed by atoms with Crippen LogP contribution in [-0.2, 0) is 6.54 Å². The molecule has 3 rings (SSSR count). The molecule has 1 heterocycles. The van der Waals surface area contributed by atoms with E-state index in [-0.39, 0.29) is 6.04 Å². The monoisotopic (exact) mass is 330 g/mol. The summed E-state index contributed by atoms with van der Waals surface area (Å²) in [4.78, 5) is 2.45. The Morgan fingerprint density at radius 3 is 2.60 bits per heavy atom. The highest BCUT2D eigenvalue weighted by molar-refractivity contribution is 9.10. The number of hydrogen-bond acceptors (Lipinski definition) is 2. The topological polar surface area (TPSA) is 29.3 Å². The van der Waals surface area contributed by atoms with Crippen molar-refractivity contribution in [1.82, 2.24) is 4.90 Å². The van der Waals surface area contributed by atoms with E-state index in [1.807, 2.05) is 0 Å². The minimum absolute atomic E-state index is 0.216. The Labute approximate surface area is 128 Å². The molecule has 1 saturated heterocycles. The summed E-state index contributed by atoms with van der Waals surface area (Å²) >= 11 is 3.54. The fourth-order valence-corrected chi connectivity index (χ4v) is 3.39. The second kappa shape index (κ2) is 6.08. The molecule has 0 bridgehead atoms. The predicted octanol–water partition coefficient (Wildman–Crippen LogP) is 3.38. The van der Waals surface area contributed by atoms with Crippen molar-refractivity contribution in [2.45, 2.75) is 18.5 Å². The molecular weight excluding hydrogens is 312 g/mol. The maximum Gasteiger partial charge on any atom is 0.0250 e. The number of benzene rings is 2.